The van der Waals surface area contributed by atoms with Gasteiger partial charge in [-0.25, -0.2) is 8.78 Å². The van der Waals surface area contributed by atoms with Crippen molar-refractivity contribution in [3.05, 3.63) is 71.3 Å². The van der Waals surface area contributed by atoms with Gasteiger partial charge in [0.15, 0.2) is 0 Å². The molecule has 0 bridgehead atoms. The Bertz CT molecular complexity index is 832. The Balaban J connectivity index is 1.50. The molecule has 0 unspecified atom stereocenters. The number of benzene rings is 2. The van der Waals surface area contributed by atoms with E-state index in [-0.39, 0.29) is 29.5 Å². The second-order valence-electron chi connectivity index (χ2n) is 7.68. The Kier molecular flexibility index (Phi) is 5.58. The van der Waals surface area contributed by atoms with Crippen molar-refractivity contribution in [3.63, 3.8) is 0 Å². The van der Waals surface area contributed by atoms with Crippen LogP contribution in [0.25, 0.3) is 0 Å². The molecule has 0 saturated carbocycles. The third-order valence-corrected chi connectivity index (χ3v) is 5.83. The van der Waals surface area contributed by atoms with E-state index >= 15 is 0 Å². The van der Waals surface area contributed by atoms with Crippen LogP contribution in [0.3, 0.4) is 0 Å². The Morgan fingerprint density at radius 1 is 0.966 bits per heavy atom. The SMILES string of the molecule is O=C1CC[C@@H](C(=O)N2CC[NH+](C(c3ccc(F)cc3)c3ccc(F)cc3)CC2)N1. The van der Waals surface area contributed by atoms with E-state index < -0.39 is 6.04 Å². The molecule has 2 fully saturated rings. The van der Waals surface area contributed by atoms with Crippen molar-refractivity contribution in [2.75, 3.05) is 26.2 Å². The molecule has 2 aliphatic rings. The highest BCUT2D eigenvalue weighted by Crippen LogP contribution is 2.21. The van der Waals surface area contributed by atoms with Crippen molar-refractivity contribution >= 4 is 11.8 Å². The number of quaternary nitrogens is 1. The van der Waals surface area contributed by atoms with E-state index in [9.17, 15) is 18.4 Å². The van der Waals surface area contributed by atoms with Crippen molar-refractivity contribution in [2.45, 2.75) is 24.9 Å². The molecule has 0 aliphatic carbocycles. The second kappa shape index (κ2) is 8.29. The number of halogens is 2. The Labute approximate surface area is 168 Å². The van der Waals surface area contributed by atoms with Gasteiger partial charge >= 0.3 is 0 Å². The van der Waals surface area contributed by atoms with Crippen LogP contribution in [0, 0.1) is 11.6 Å². The number of piperazine rings is 1. The van der Waals surface area contributed by atoms with E-state index in [0.717, 1.165) is 11.1 Å². The molecule has 5 nitrogen and oxygen atoms in total. The molecular weight excluding hydrogens is 376 g/mol. The molecule has 2 aromatic rings. The fraction of sp³-hybridized carbons (Fsp3) is 0.364. The Morgan fingerprint density at radius 3 is 1.93 bits per heavy atom. The minimum Gasteiger partial charge on any atom is -0.344 e. The zero-order valence-electron chi connectivity index (χ0n) is 16.0. The number of nitrogens with zero attached hydrogens (tertiary/aromatic N) is 1. The van der Waals surface area contributed by atoms with Crippen LogP contribution in [0.5, 0.6) is 0 Å². The van der Waals surface area contributed by atoms with Crippen LogP contribution in [0.2, 0.25) is 0 Å². The van der Waals surface area contributed by atoms with Gasteiger partial charge in [-0.1, -0.05) is 0 Å². The third kappa shape index (κ3) is 4.29. The number of hydrogen-bond acceptors (Lipinski definition) is 2. The highest BCUT2D eigenvalue weighted by molar-refractivity contribution is 5.90. The van der Waals surface area contributed by atoms with Crippen molar-refractivity contribution in [2.24, 2.45) is 0 Å². The molecule has 2 amide bonds. The van der Waals surface area contributed by atoms with Gasteiger partial charge in [0.25, 0.3) is 0 Å². The average Bonchev–Trinajstić information content (AvgIpc) is 3.17. The highest BCUT2D eigenvalue weighted by Gasteiger charge is 2.35. The lowest BCUT2D eigenvalue weighted by molar-refractivity contribution is -0.929. The van der Waals surface area contributed by atoms with Gasteiger partial charge in [-0.15, -0.1) is 0 Å². The molecule has 0 radical (unpaired) electrons. The smallest absolute Gasteiger partial charge is 0.245 e. The molecule has 1 atom stereocenters. The van der Waals surface area contributed by atoms with E-state index in [1.54, 1.807) is 24.3 Å². The summed E-state index contributed by atoms with van der Waals surface area (Å²) in [5.41, 5.74) is 1.91. The first-order valence-corrected chi connectivity index (χ1v) is 9.95. The van der Waals surface area contributed by atoms with Gasteiger partial charge in [-0.2, -0.15) is 0 Å². The Morgan fingerprint density at radius 2 is 1.48 bits per heavy atom. The summed E-state index contributed by atoms with van der Waals surface area (Å²) in [5.74, 6) is -0.679. The molecule has 2 heterocycles. The minimum atomic E-state index is -0.408. The van der Waals surface area contributed by atoms with Gasteiger partial charge in [0.05, 0.1) is 26.2 Å². The quantitative estimate of drug-likeness (QED) is 0.807. The van der Waals surface area contributed by atoms with Gasteiger partial charge in [0.2, 0.25) is 11.8 Å². The predicted octanol–water partition coefficient (Wildman–Crippen LogP) is 1.06. The first kappa shape index (κ1) is 19.5. The van der Waals surface area contributed by atoms with Gasteiger partial charge in [0.1, 0.15) is 23.7 Å². The van der Waals surface area contributed by atoms with E-state index in [2.05, 4.69) is 5.32 Å². The molecule has 2 aromatic carbocycles. The number of rotatable bonds is 4. The van der Waals surface area contributed by atoms with Gasteiger partial charge in [0, 0.05) is 17.5 Å². The Hall–Kier alpha value is -2.80. The largest absolute Gasteiger partial charge is 0.344 e. The normalized spacial score (nSPS) is 20.2. The lowest BCUT2D eigenvalue weighted by Crippen LogP contribution is -3.15. The maximum Gasteiger partial charge on any atom is 0.245 e. The van der Waals surface area contributed by atoms with Crippen molar-refractivity contribution in [1.29, 1.82) is 0 Å². The van der Waals surface area contributed by atoms with E-state index in [1.807, 2.05) is 4.90 Å². The number of nitrogens with one attached hydrogen (secondary N) is 2. The zero-order valence-corrected chi connectivity index (χ0v) is 16.0. The summed E-state index contributed by atoms with van der Waals surface area (Å²) in [6.07, 6.45) is 0.956. The number of carbonyl (C=O) groups is 2. The summed E-state index contributed by atoms with van der Waals surface area (Å²) in [6.45, 7) is 2.59. The summed E-state index contributed by atoms with van der Waals surface area (Å²) in [6, 6.07) is 12.3. The van der Waals surface area contributed by atoms with Crippen molar-refractivity contribution < 1.29 is 23.3 Å². The van der Waals surface area contributed by atoms with E-state index in [1.165, 1.54) is 29.2 Å². The van der Waals surface area contributed by atoms with Crippen LogP contribution < -0.4 is 10.2 Å². The predicted molar refractivity (Wildman–Crippen MR) is 103 cm³/mol. The van der Waals surface area contributed by atoms with Crippen molar-refractivity contribution in [1.82, 2.24) is 10.2 Å². The fourth-order valence-corrected chi connectivity index (χ4v) is 4.30. The lowest BCUT2D eigenvalue weighted by atomic mass is 9.96. The number of amides is 2. The summed E-state index contributed by atoms with van der Waals surface area (Å²) >= 11 is 0. The molecule has 29 heavy (non-hydrogen) atoms. The third-order valence-electron chi connectivity index (χ3n) is 5.83. The van der Waals surface area contributed by atoms with Crippen LogP contribution in [-0.4, -0.2) is 48.9 Å². The number of carbonyl (C=O) groups excluding carboxylic acids is 2. The summed E-state index contributed by atoms with van der Waals surface area (Å²) in [7, 11) is 0. The zero-order chi connectivity index (χ0) is 20.4. The van der Waals surface area contributed by atoms with Gasteiger partial charge < -0.3 is 15.1 Å². The summed E-state index contributed by atoms with van der Waals surface area (Å²) in [5, 5.41) is 2.74. The van der Waals surface area contributed by atoms with Gasteiger partial charge in [-0.05, 0) is 55.0 Å². The first-order chi connectivity index (χ1) is 14.0. The minimum absolute atomic E-state index is 0.0185. The first-order valence-electron chi connectivity index (χ1n) is 9.95. The van der Waals surface area contributed by atoms with E-state index in [0.29, 0.717) is 39.0 Å². The molecular formula is C22H24F2N3O2+. The molecule has 0 aromatic heterocycles. The monoisotopic (exact) mass is 400 g/mol. The van der Waals surface area contributed by atoms with E-state index in [4.69, 9.17) is 0 Å². The van der Waals surface area contributed by atoms with Crippen molar-refractivity contribution in [3.8, 4) is 0 Å². The molecule has 2 N–H and O–H groups in total. The second-order valence-corrected chi connectivity index (χ2v) is 7.68. The van der Waals surface area contributed by atoms with Crippen LogP contribution >= 0.6 is 0 Å². The molecule has 2 aliphatic heterocycles. The van der Waals surface area contributed by atoms with Gasteiger partial charge in [-0.3, -0.25) is 9.59 Å². The molecule has 152 valence electrons. The maximum absolute atomic E-state index is 13.4. The standard InChI is InChI=1S/C22H23F2N3O2/c23-17-5-1-15(2-6-17)21(16-3-7-18(24)8-4-16)26-11-13-27(14-12-26)22(29)19-9-10-20(28)25-19/h1-8,19,21H,9-14H2,(H,25,28)/p+1/t19-/m0/s1. The average molecular weight is 400 g/mol. The maximum atomic E-state index is 13.4. The topological polar surface area (TPSA) is 53.9 Å². The molecule has 7 heteroatoms. The fourth-order valence-electron chi connectivity index (χ4n) is 4.30. The summed E-state index contributed by atoms with van der Waals surface area (Å²) in [4.78, 5) is 27.1. The molecule has 2 saturated heterocycles. The van der Waals surface area contributed by atoms with Crippen LogP contribution in [0.4, 0.5) is 8.78 Å². The number of hydrogen-bond donors (Lipinski definition) is 2. The van der Waals surface area contributed by atoms with Crippen LogP contribution in [0.15, 0.2) is 48.5 Å². The van der Waals surface area contributed by atoms with Crippen LogP contribution in [0.1, 0.15) is 30.0 Å². The van der Waals surface area contributed by atoms with Crippen LogP contribution in [-0.2, 0) is 9.59 Å². The molecule has 4 rings (SSSR count). The molecule has 0 spiro atoms. The highest BCUT2D eigenvalue weighted by atomic mass is 19.1. The summed E-state index contributed by atoms with van der Waals surface area (Å²) < 4.78 is 26.9. The lowest BCUT2D eigenvalue weighted by Gasteiger charge is -2.37.